The topological polar surface area (TPSA) is 112 Å². The van der Waals surface area contributed by atoms with E-state index in [4.69, 9.17) is 20.5 Å². The maximum atomic E-state index is 13.6. The minimum Gasteiger partial charge on any atom is -0.543 e. The number of hydrogen-bond acceptors (Lipinski definition) is 6. The molecule has 2 aromatic rings. The predicted octanol–water partition coefficient (Wildman–Crippen LogP) is 7.56. The molecule has 2 amide bonds. The molecule has 2 aromatic carbocycles. The highest BCUT2D eigenvalue weighted by Gasteiger charge is 2.41. The average Bonchev–Trinajstić information content (AvgIpc) is 2.86. The van der Waals surface area contributed by atoms with Crippen LogP contribution in [0.1, 0.15) is 70.0 Å². The number of carbonyl (C=O) groups excluding carboxylic acids is 2. The Hall–Kier alpha value is -2.85. The Morgan fingerprint density at radius 2 is 1.55 bits per heavy atom. The molecule has 0 fully saturated rings. The van der Waals surface area contributed by atoms with Gasteiger partial charge in [-0.15, -0.1) is 0 Å². The van der Waals surface area contributed by atoms with Gasteiger partial charge in [-0.2, -0.15) is 5.26 Å². The average molecular weight is 631 g/mol. The third-order valence-electron chi connectivity index (χ3n) is 8.43. The third kappa shape index (κ3) is 8.60. The molecule has 1 unspecified atom stereocenters. The molecule has 0 bridgehead atoms. The second-order valence-corrected chi connectivity index (χ2v) is 23.6. The van der Waals surface area contributed by atoms with Gasteiger partial charge in [0, 0.05) is 11.3 Å². The summed E-state index contributed by atoms with van der Waals surface area (Å²) >= 11 is 6.40. The molecule has 2 rings (SSSR count). The molecule has 0 aliphatic carbocycles. The summed E-state index contributed by atoms with van der Waals surface area (Å²) < 4.78 is 12.9. The fraction of sp³-hybridized carbons (Fsp3) is 0.516. The summed E-state index contributed by atoms with van der Waals surface area (Å²) in [6.45, 7) is 25.0. The molecule has 0 aliphatic rings. The Kier molecular flexibility index (Phi) is 11.1. The Balaban J connectivity index is 2.29. The Bertz CT molecular complexity index is 1340. The minimum atomic E-state index is -2.26. The minimum absolute atomic E-state index is 0.00192. The molecule has 11 heteroatoms. The van der Waals surface area contributed by atoms with Crippen molar-refractivity contribution in [2.45, 2.75) is 104 Å². The monoisotopic (exact) mass is 630 g/mol. The number of benzene rings is 2. The first-order valence-corrected chi connectivity index (χ1v) is 20.3. The molecule has 0 radical (unpaired) electrons. The molecule has 0 saturated heterocycles. The molecule has 0 spiro atoms. The van der Waals surface area contributed by atoms with Gasteiger partial charge in [0.05, 0.1) is 16.7 Å². The van der Waals surface area contributed by atoms with Crippen molar-refractivity contribution in [3.63, 3.8) is 0 Å². The number of nitrogens with one attached hydrogen (secondary N) is 3. The van der Waals surface area contributed by atoms with Gasteiger partial charge in [0.1, 0.15) is 17.9 Å². The van der Waals surface area contributed by atoms with E-state index in [-0.39, 0.29) is 10.1 Å². The summed E-state index contributed by atoms with van der Waals surface area (Å²) in [6, 6.07) is 11.5. The van der Waals surface area contributed by atoms with E-state index in [2.05, 4.69) is 90.0 Å². The second-order valence-electron chi connectivity index (χ2n) is 13.8. The van der Waals surface area contributed by atoms with E-state index in [1.54, 1.807) is 37.3 Å². The van der Waals surface area contributed by atoms with Gasteiger partial charge in [0.25, 0.3) is 11.8 Å². The lowest BCUT2D eigenvalue weighted by Gasteiger charge is -2.40. The number of nitriles is 1. The Morgan fingerprint density at radius 1 is 0.952 bits per heavy atom. The molecular formula is C31H47ClN4O4Si2. The van der Waals surface area contributed by atoms with Crippen molar-refractivity contribution in [1.29, 1.82) is 5.26 Å². The zero-order valence-electron chi connectivity index (χ0n) is 27.1. The van der Waals surface area contributed by atoms with Crippen LogP contribution in [0.2, 0.25) is 41.3 Å². The van der Waals surface area contributed by atoms with Crippen molar-refractivity contribution in [3.05, 3.63) is 58.1 Å². The standard InChI is InChI=1S/C31H47ClN4O4Si2/c1-20-25(17-16-23(19-33)26(20)32)34-27(21(2)39-41(9,10)30(3,4)5)29(38)36-35-28(37)22-14-13-15-24(18-22)40-42(11,12)31(6,7)8/h13-18,21,27,34H,1-12H3,(H,35,37)(H,36,38)/t21?,27-/m0/s1. The summed E-state index contributed by atoms with van der Waals surface area (Å²) in [6.07, 6.45) is -0.557. The first kappa shape index (κ1) is 35.4. The van der Waals surface area contributed by atoms with E-state index in [1.165, 1.54) is 0 Å². The van der Waals surface area contributed by atoms with Gasteiger partial charge >= 0.3 is 0 Å². The van der Waals surface area contributed by atoms with Gasteiger partial charge in [0.2, 0.25) is 8.32 Å². The summed E-state index contributed by atoms with van der Waals surface area (Å²) in [5, 5.41) is 12.8. The number of carbonyl (C=O) groups is 2. The first-order chi connectivity index (χ1) is 19.1. The maximum absolute atomic E-state index is 13.6. The number of anilines is 1. The van der Waals surface area contributed by atoms with E-state index < -0.39 is 40.6 Å². The number of halogens is 1. The predicted molar refractivity (Wildman–Crippen MR) is 176 cm³/mol. The van der Waals surface area contributed by atoms with E-state index in [0.717, 1.165) is 0 Å². The molecule has 3 N–H and O–H groups in total. The van der Waals surface area contributed by atoms with Crippen molar-refractivity contribution in [2.75, 3.05) is 5.32 Å². The SMILES string of the molecule is Cc1c(N[C@H](C(=O)NNC(=O)c2cccc(O[Si](C)(C)C(C)(C)C)c2)C(C)O[Si](C)(C)C(C)(C)C)ccc(C#N)c1Cl. The van der Waals surface area contributed by atoms with E-state index >= 15 is 0 Å². The summed E-state index contributed by atoms with van der Waals surface area (Å²) in [4.78, 5) is 26.7. The van der Waals surface area contributed by atoms with Crippen LogP contribution in [0.3, 0.4) is 0 Å². The summed E-state index contributed by atoms with van der Waals surface area (Å²) in [5.41, 5.74) is 7.04. The lowest BCUT2D eigenvalue weighted by molar-refractivity contribution is -0.124. The number of rotatable bonds is 9. The molecule has 0 aliphatic heterocycles. The van der Waals surface area contributed by atoms with Crippen LogP contribution in [0.5, 0.6) is 5.75 Å². The smallest absolute Gasteiger partial charge is 0.269 e. The highest BCUT2D eigenvalue weighted by molar-refractivity contribution is 6.75. The fourth-order valence-corrected chi connectivity index (χ4v) is 6.27. The molecule has 230 valence electrons. The molecule has 42 heavy (non-hydrogen) atoms. The number of amides is 2. The van der Waals surface area contributed by atoms with Crippen LogP contribution < -0.4 is 20.6 Å². The number of hydrazine groups is 1. The maximum Gasteiger partial charge on any atom is 0.269 e. The molecule has 0 aromatic heterocycles. The van der Waals surface area contributed by atoms with Gasteiger partial charge in [0.15, 0.2) is 8.32 Å². The zero-order chi connectivity index (χ0) is 32.3. The third-order valence-corrected chi connectivity index (χ3v) is 17.8. The van der Waals surface area contributed by atoms with Crippen LogP contribution in [0.25, 0.3) is 0 Å². The molecule has 8 nitrogen and oxygen atoms in total. The lowest BCUT2D eigenvalue weighted by atomic mass is 10.1. The molecule has 2 atom stereocenters. The normalized spacial score (nSPS) is 13.9. The van der Waals surface area contributed by atoms with Crippen LogP contribution in [-0.2, 0) is 9.22 Å². The molecule has 0 saturated carbocycles. The highest BCUT2D eigenvalue weighted by Crippen LogP contribution is 2.39. The summed E-state index contributed by atoms with van der Waals surface area (Å²) in [5.74, 6) is -0.342. The van der Waals surface area contributed by atoms with Crippen molar-refractivity contribution in [3.8, 4) is 11.8 Å². The van der Waals surface area contributed by atoms with Crippen molar-refractivity contribution in [2.24, 2.45) is 0 Å². The van der Waals surface area contributed by atoms with E-state index in [0.29, 0.717) is 33.1 Å². The van der Waals surface area contributed by atoms with Gasteiger partial charge in [-0.1, -0.05) is 59.2 Å². The van der Waals surface area contributed by atoms with Crippen molar-refractivity contribution in [1.82, 2.24) is 10.9 Å². The van der Waals surface area contributed by atoms with Crippen LogP contribution in [-0.4, -0.2) is 40.6 Å². The van der Waals surface area contributed by atoms with Gasteiger partial charge < -0.3 is 14.2 Å². The fourth-order valence-electron chi connectivity index (χ4n) is 3.62. The van der Waals surface area contributed by atoms with Gasteiger partial charge in [-0.05, 0) is 86.0 Å². The van der Waals surface area contributed by atoms with Crippen LogP contribution in [0.4, 0.5) is 5.69 Å². The Morgan fingerprint density at radius 3 is 2.10 bits per heavy atom. The lowest BCUT2D eigenvalue weighted by Crippen LogP contribution is -2.55. The quantitative estimate of drug-likeness (QED) is 0.195. The van der Waals surface area contributed by atoms with Crippen LogP contribution in [0.15, 0.2) is 36.4 Å². The van der Waals surface area contributed by atoms with Gasteiger partial charge in [-0.3, -0.25) is 20.4 Å². The van der Waals surface area contributed by atoms with Gasteiger partial charge in [-0.25, -0.2) is 0 Å². The molecule has 0 heterocycles. The van der Waals surface area contributed by atoms with Crippen molar-refractivity contribution < 1.29 is 18.4 Å². The number of hydrogen-bond donors (Lipinski definition) is 3. The first-order valence-electron chi connectivity index (χ1n) is 14.1. The van der Waals surface area contributed by atoms with E-state index in [9.17, 15) is 14.9 Å². The van der Waals surface area contributed by atoms with Crippen LogP contribution >= 0.6 is 11.6 Å². The Labute approximate surface area is 258 Å². The van der Waals surface area contributed by atoms with E-state index in [1.807, 2.05) is 13.0 Å². The van der Waals surface area contributed by atoms with Crippen molar-refractivity contribution >= 4 is 45.7 Å². The second kappa shape index (κ2) is 13.2. The summed E-state index contributed by atoms with van der Waals surface area (Å²) in [7, 11) is -4.36. The zero-order valence-corrected chi connectivity index (χ0v) is 29.8. The largest absolute Gasteiger partial charge is 0.543 e. The number of nitrogens with zero attached hydrogens (tertiary/aromatic N) is 1. The molecular weight excluding hydrogens is 584 g/mol. The van der Waals surface area contributed by atoms with Crippen LogP contribution in [0, 0.1) is 18.3 Å². The highest BCUT2D eigenvalue weighted by atomic mass is 35.5.